The predicted octanol–water partition coefficient (Wildman–Crippen LogP) is 6.22. The van der Waals surface area contributed by atoms with E-state index in [0.29, 0.717) is 19.8 Å². The zero-order valence-electron chi connectivity index (χ0n) is 16.7. The summed E-state index contributed by atoms with van der Waals surface area (Å²) in [6, 6.07) is 36.9. The van der Waals surface area contributed by atoms with Crippen LogP contribution in [-0.2, 0) is 19.8 Å². The Morgan fingerprint density at radius 1 is 0.467 bits per heavy atom. The van der Waals surface area contributed by atoms with Gasteiger partial charge in [-0.3, -0.25) is 0 Å². The lowest BCUT2D eigenvalue weighted by molar-refractivity contribution is 0.293. The first kappa shape index (κ1) is 19.6. The highest BCUT2D eigenvalue weighted by molar-refractivity contribution is 5.31. The molecule has 3 nitrogen and oxygen atoms in total. The van der Waals surface area contributed by atoms with Crippen molar-refractivity contribution in [2.24, 2.45) is 0 Å². The first-order chi connectivity index (χ1) is 14.8. The van der Waals surface area contributed by atoms with Crippen molar-refractivity contribution in [2.75, 3.05) is 0 Å². The van der Waals surface area contributed by atoms with Crippen LogP contribution in [0.2, 0.25) is 0 Å². The molecule has 0 amide bonds. The van der Waals surface area contributed by atoms with E-state index in [9.17, 15) is 0 Å². The maximum absolute atomic E-state index is 5.93. The Labute approximate surface area is 177 Å². The van der Waals surface area contributed by atoms with E-state index in [4.69, 9.17) is 14.2 Å². The SMILES string of the molecule is [c]1c(COc2ccccc2)cc(COc2ccccc2)cc1COc1ccccc1. The van der Waals surface area contributed by atoms with E-state index in [-0.39, 0.29) is 0 Å². The van der Waals surface area contributed by atoms with E-state index in [0.717, 1.165) is 33.9 Å². The molecular formula is C27H23O3. The van der Waals surface area contributed by atoms with Crippen LogP contribution in [0.25, 0.3) is 0 Å². The minimum Gasteiger partial charge on any atom is -0.489 e. The largest absolute Gasteiger partial charge is 0.489 e. The van der Waals surface area contributed by atoms with Gasteiger partial charge in [0, 0.05) is 0 Å². The van der Waals surface area contributed by atoms with Crippen LogP contribution in [0, 0.1) is 6.07 Å². The fraction of sp³-hybridized carbons (Fsp3) is 0.111. The summed E-state index contributed by atoms with van der Waals surface area (Å²) in [4.78, 5) is 0. The van der Waals surface area contributed by atoms with Crippen molar-refractivity contribution in [1.29, 1.82) is 0 Å². The molecule has 0 saturated carbocycles. The summed E-state index contributed by atoms with van der Waals surface area (Å²) >= 11 is 0. The van der Waals surface area contributed by atoms with Gasteiger partial charge in [-0.15, -0.1) is 0 Å². The number of benzene rings is 4. The zero-order valence-corrected chi connectivity index (χ0v) is 16.7. The van der Waals surface area contributed by atoms with Gasteiger partial charge in [0.1, 0.15) is 37.1 Å². The average molecular weight is 395 g/mol. The van der Waals surface area contributed by atoms with Gasteiger partial charge in [0.25, 0.3) is 0 Å². The van der Waals surface area contributed by atoms with Crippen LogP contribution in [0.5, 0.6) is 17.2 Å². The van der Waals surface area contributed by atoms with E-state index < -0.39 is 0 Å². The summed E-state index contributed by atoms with van der Waals surface area (Å²) in [7, 11) is 0. The summed E-state index contributed by atoms with van der Waals surface area (Å²) in [6.07, 6.45) is 0. The van der Waals surface area contributed by atoms with Crippen molar-refractivity contribution in [1.82, 2.24) is 0 Å². The summed E-state index contributed by atoms with van der Waals surface area (Å²) in [5.74, 6) is 2.51. The second-order valence-corrected chi connectivity index (χ2v) is 6.84. The van der Waals surface area contributed by atoms with Crippen LogP contribution in [0.15, 0.2) is 103 Å². The molecule has 1 radical (unpaired) electrons. The molecule has 4 aromatic rings. The van der Waals surface area contributed by atoms with Gasteiger partial charge in [-0.05, 0) is 71.3 Å². The summed E-state index contributed by atoms with van der Waals surface area (Å²) in [5.41, 5.74) is 2.97. The monoisotopic (exact) mass is 395 g/mol. The smallest absolute Gasteiger partial charge is 0.119 e. The van der Waals surface area contributed by atoms with Crippen molar-refractivity contribution in [3.8, 4) is 17.2 Å². The van der Waals surface area contributed by atoms with Crippen LogP contribution >= 0.6 is 0 Å². The van der Waals surface area contributed by atoms with Crippen LogP contribution in [0.4, 0.5) is 0 Å². The first-order valence-electron chi connectivity index (χ1n) is 9.93. The van der Waals surface area contributed by atoms with Crippen LogP contribution in [0.1, 0.15) is 16.7 Å². The van der Waals surface area contributed by atoms with Crippen molar-refractivity contribution in [3.63, 3.8) is 0 Å². The molecule has 0 aromatic heterocycles. The van der Waals surface area contributed by atoms with Gasteiger partial charge < -0.3 is 14.2 Å². The molecule has 0 fully saturated rings. The van der Waals surface area contributed by atoms with E-state index in [2.05, 4.69) is 18.2 Å². The molecule has 0 saturated heterocycles. The van der Waals surface area contributed by atoms with Gasteiger partial charge in [0.05, 0.1) is 0 Å². The topological polar surface area (TPSA) is 27.7 Å². The maximum atomic E-state index is 5.93. The summed E-state index contributed by atoms with van der Waals surface area (Å²) < 4.78 is 17.8. The van der Waals surface area contributed by atoms with Crippen molar-refractivity contribution >= 4 is 0 Å². The Balaban J connectivity index is 1.48. The Morgan fingerprint density at radius 3 is 1.23 bits per heavy atom. The lowest BCUT2D eigenvalue weighted by atomic mass is 10.1. The predicted molar refractivity (Wildman–Crippen MR) is 118 cm³/mol. The molecule has 3 heteroatoms. The third kappa shape index (κ3) is 5.89. The number of hydrogen-bond acceptors (Lipinski definition) is 3. The number of para-hydroxylation sites is 3. The van der Waals surface area contributed by atoms with Crippen molar-refractivity contribution in [3.05, 3.63) is 126 Å². The van der Waals surface area contributed by atoms with Gasteiger partial charge in [-0.1, -0.05) is 54.6 Å². The fourth-order valence-electron chi connectivity index (χ4n) is 3.05. The van der Waals surface area contributed by atoms with Gasteiger partial charge in [-0.2, -0.15) is 0 Å². The molecule has 0 atom stereocenters. The quantitative estimate of drug-likeness (QED) is 0.336. The lowest BCUT2D eigenvalue weighted by Gasteiger charge is -2.13. The Hall–Kier alpha value is -3.72. The lowest BCUT2D eigenvalue weighted by Crippen LogP contribution is -2.04. The van der Waals surface area contributed by atoms with E-state index in [1.165, 1.54) is 0 Å². The van der Waals surface area contributed by atoms with Crippen molar-refractivity contribution < 1.29 is 14.2 Å². The third-order valence-corrected chi connectivity index (χ3v) is 4.46. The summed E-state index contributed by atoms with van der Waals surface area (Å²) in [6.45, 7) is 1.33. The van der Waals surface area contributed by atoms with Crippen LogP contribution in [-0.4, -0.2) is 0 Å². The zero-order chi connectivity index (χ0) is 20.4. The molecule has 0 bridgehead atoms. The van der Waals surface area contributed by atoms with Gasteiger partial charge in [0.15, 0.2) is 0 Å². The highest BCUT2D eigenvalue weighted by Gasteiger charge is 2.06. The average Bonchev–Trinajstić information content (AvgIpc) is 2.82. The Kier molecular flexibility index (Phi) is 6.64. The number of hydrogen-bond donors (Lipinski definition) is 0. The Bertz CT molecular complexity index is 882. The molecule has 0 N–H and O–H groups in total. The highest BCUT2D eigenvalue weighted by atomic mass is 16.5. The molecule has 0 aliphatic heterocycles. The summed E-state index contributed by atoms with van der Waals surface area (Å²) in [5, 5.41) is 0. The second-order valence-electron chi connectivity index (χ2n) is 6.84. The van der Waals surface area contributed by atoms with E-state index in [1.807, 2.05) is 91.0 Å². The van der Waals surface area contributed by atoms with Crippen molar-refractivity contribution in [2.45, 2.75) is 19.8 Å². The Morgan fingerprint density at radius 2 is 0.833 bits per heavy atom. The van der Waals surface area contributed by atoms with Crippen LogP contribution < -0.4 is 14.2 Å². The normalized spacial score (nSPS) is 10.4. The van der Waals surface area contributed by atoms with Gasteiger partial charge in [0.2, 0.25) is 0 Å². The molecule has 0 aliphatic rings. The molecule has 30 heavy (non-hydrogen) atoms. The molecule has 4 aromatic carbocycles. The van der Waals surface area contributed by atoms with Crippen LogP contribution in [0.3, 0.4) is 0 Å². The molecule has 0 unspecified atom stereocenters. The molecule has 0 aliphatic carbocycles. The standard InChI is InChI=1S/C27H23O3/c1-4-10-25(11-5-1)28-19-22-16-23(20-29-26-12-6-2-7-13-26)18-24(17-22)21-30-27-14-8-3-9-15-27/h1-17H,19-21H2. The molecule has 4 rings (SSSR count). The number of rotatable bonds is 9. The minimum atomic E-state index is 0.432. The first-order valence-corrected chi connectivity index (χ1v) is 9.93. The molecule has 149 valence electrons. The molecular weight excluding hydrogens is 372 g/mol. The molecule has 0 heterocycles. The maximum Gasteiger partial charge on any atom is 0.119 e. The molecule has 0 spiro atoms. The highest BCUT2D eigenvalue weighted by Crippen LogP contribution is 2.19. The number of ether oxygens (including phenoxy) is 3. The minimum absolute atomic E-state index is 0.432. The fourth-order valence-corrected chi connectivity index (χ4v) is 3.05. The second kappa shape index (κ2) is 10.2. The van der Waals surface area contributed by atoms with Gasteiger partial charge >= 0.3 is 0 Å². The van der Waals surface area contributed by atoms with E-state index in [1.54, 1.807) is 0 Å². The van der Waals surface area contributed by atoms with E-state index >= 15 is 0 Å². The third-order valence-electron chi connectivity index (χ3n) is 4.46. The van der Waals surface area contributed by atoms with Gasteiger partial charge in [-0.25, -0.2) is 0 Å².